The van der Waals surface area contributed by atoms with Crippen LogP contribution in [-0.4, -0.2) is 32.1 Å². The van der Waals surface area contributed by atoms with Crippen molar-refractivity contribution in [2.75, 3.05) is 25.1 Å². The number of rotatable bonds is 5. The second kappa shape index (κ2) is 8.52. The van der Waals surface area contributed by atoms with Gasteiger partial charge in [-0.05, 0) is 30.5 Å². The van der Waals surface area contributed by atoms with E-state index >= 15 is 0 Å². The molecule has 5 nitrogen and oxygen atoms in total. The molecule has 150 valence electrons. The molecule has 0 radical (unpaired) electrons. The normalized spacial score (nSPS) is 17.2. The van der Waals surface area contributed by atoms with Gasteiger partial charge in [0.05, 0.1) is 12.2 Å². The van der Waals surface area contributed by atoms with Gasteiger partial charge in [0.1, 0.15) is 0 Å². The van der Waals surface area contributed by atoms with Crippen LogP contribution in [0.15, 0.2) is 59.6 Å². The summed E-state index contributed by atoms with van der Waals surface area (Å²) in [6.07, 6.45) is -3.20. The van der Waals surface area contributed by atoms with Gasteiger partial charge in [-0.3, -0.25) is 4.99 Å². The van der Waals surface area contributed by atoms with Gasteiger partial charge < -0.3 is 20.5 Å². The third-order valence-electron chi connectivity index (χ3n) is 4.76. The predicted molar refractivity (Wildman–Crippen MR) is 101 cm³/mol. The third kappa shape index (κ3) is 5.16. The standard InChI is InChI=1S/C20H22F3N3O2/c21-20(22,23)28-17-9-5-4-8-16(17)26-18(24)25-14-19(10-12-27-13-11-19)15-6-2-1-3-7-15/h1-9H,10-14H2,(H3,24,25,26). The minimum absolute atomic E-state index is 0.0278. The lowest BCUT2D eigenvalue weighted by Gasteiger charge is -2.36. The van der Waals surface area contributed by atoms with E-state index in [-0.39, 0.29) is 22.8 Å². The minimum atomic E-state index is -4.79. The van der Waals surface area contributed by atoms with Gasteiger partial charge in [-0.1, -0.05) is 42.5 Å². The topological polar surface area (TPSA) is 68.9 Å². The number of nitrogens with one attached hydrogen (secondary N) is 1. The molecule has 1 fully saturated rings. The molecule has 0 aliphatic carbocycles. The van der Waals surface area contributed by atoms with E-state index in [9.17, 15) is 13.2 Å². The summed E-state index contributed by atoms with van der Waals surface area (Å²) in [5.41, 5.74) is 7.00. The second-order valence-electron chi connectivity index (χ2n) is 6.63. The Morgan fingerprint density at radius 1 is 1.07 bits per heavy atom. The lowest BCUT2D eigenvalue weighted by Crippen LogP contribution is -2.38. The van der Waals surface area contributed by atoms with Gasteiger partial charge in [0, 0.05) is 18.6 Å². The van der Waals surface area contributed by atoms with E-state index in [4.69, 9.17) is 10.5 Å². The van der Waals surface area contributed by atoms with Crippen LogP contribution in [-0.2, 0) is 10.2 Å². The third-order valence-corrected chi connectivity index (χ3v) is 4.76. The highest BCUT2D eigenvalue weighted by Gasteiger charge is 2.34. The van der Waals surface area contributed by atoms with E-state index in [1.54, 1.807) is 6.07 Å². The number of hydrogen-bond donors (Lipinski definition) is 2. The Labute approximate surface area is 161 Å². The van der Waals surface area contributed by atoms with Crippen LogP contribution >= 0.6 is 0 Å². The number of halogens is 3. The van der Waals surface area contributed by atoms with Crippen molar-refractivity contribution in [3.63, 3.8) is 0 Å². The summed E-state index contributed by atoms with van der Waals surface area (Å²) in [6.45, 7) is 1.65. The van der Waals surface area contributed by atoms with Crippen molar-refractivity contribution in [1.29, 1.82) is 0 Å². The molecular formula is C20H22F3N3O2. The zero-order valence-corrected chi connectivity index (χ0v) is 15.2. The highest BCUT2D eigenvalue weighted by molar-refractivity contribution is 5.93. The molecule has 2 aromatic carbocycles. The average molecular weight is 393 g/mol. The number of benzene rings is 2. The summed E-state index contributed by atoms with van der Waals surface area (Å²) in [5.74, 6) is -0.336. The van der Waals surface area contributed by atoms with E-state index in [0.29, 0.717) is 19.8 Å². The summed E-state index contributed by atoms with van der Waals surface area (Å²) < 4.78 is 47.2. The Morgan fingerprint density at radius 3 is 2.39 bits per heavy atom. The number of anilines is 1. The molecule has 0 unspecified atom stereocenters. The molecule has 8 heteroatoms. The molecule has 3 N–H and O–H groups in total. The quantitative estimate of drug-likeness (QED) is 0.594. The van der Waals surface area contributed by atoms with Crippen LogP contribution < -0.4 is 15.8 Å². The number of alkyl halides is 3. The van der Waals surface area contributed by atoms with Crippen molar-refractivity contribution >= 4 is 11.6 Å². The van der Waals surface area contributed by atoms with Crippen molar-refractivity contribution in [3.8, 4) is 5.75 Å². The van der Waals surface area contributed by atoms with Crippen molar-refractivity contribution in [1.82, 2.24) is 0 Å². The molecule has 1 aliphatic rings. The molecular weight excluding hydrogens is 371 g/mol. The molecule has 2 aromatic rings. The second-order valence-corrected chi connectivity index (χ2v) is 6.63. The van der Waals surface area contributed by atoms with Crippen LogP contribution in [0.4, 0.5) is 18.9 Å². The van der Waals surface area contributed by atoms with Crippen molar-refractivity contribution < 1.29 is 22.6 Å². The van der Waals surface area contributed by atoms with Crippen molar-refractivity contribution in [2.45, 2.75) is 24.6 Å². The molecule has 0 saturated carbocycles. The molecule has 0 bridgehead atoms. The fourth-order valence-corrected chi connectivity index (χ4v) is 3.29. The number of aliphatic imine (C=N–C) groups is 1. The number of nitrogens with two attached hydrogens (primary N) is 1. The molecule has 0 atom stereocenters. The van der Waals surface area contributed by atoms with E-state index in [0.717, 1.165) is 18.4 Å². The highest BCUT2D eigenvalue weighted by atomic mass is 19.4. The van der Waals surface area contributed by atoms with Gasteiger partial charge in [-0.25, -0.2) is 0 Å². The first-order chi connectivity index (χ1) is 13.4. The molecule has 0 aromatic heterocycles. The Morgan fingerprint density at radius 2 is 1.71 bits per heavy atom. The molecule has 0 amide bonds. The van der Waals surface area contributed by atoms with Gasteiger partial charge in [0.25, 0.3) is 0 Å². The highest BCUT2D eigenvalue weighted by Crippen LogP contribution is 2.35. The van der Waals surface area contributed by atoms with Gasteiger partial charge in [-0.2, -0.15) is 0 Å². The van der Waals surface area contributed by atoms with Crippen LogP contribution in [0.3, 0.4) is 0 Å². The van der Waals surface area contributed by atoms with Crippen LogP contribution in [0.2, 0.25) is 0 Å². The Bertz CT molecular complexity index is 804. The molecule has 1 aliphatic heterocycles. The lowest BCUT2D eigenvalue weighted by atomic mass is 9.74. The molecule has 3 rings (SSSR count). The van der Waals surface area contributed by atoms with Crippen LogP contribution in [0.1, 0.15) is 18.4 Å². The number of ether oxygens (including phenoxy) is 2. The first-order valence-corrected chi connectivity index (χ1v) is 8.93. The summed E-state index contributed by atoms with van der Waals surface area (Å²) in [7, 11) is 0. The molecule has 28 heavy (non-hydrogen) atoms. The van der Waals surface area contributed by atoms with Gasteiger partial charge in [0.2, 0.25) is 0 Å². The van der Waals surface area contributed by atoms with Gasteiger partial charge >= 0.3 is 6.36 Å². The zero-order valence-electron chi connectivity index (χ0n) is 15.2. The van der Waals surface area contributed by atoms with Crippen molar-refractivity contribution in [2.24, 2.45) is 10.7 Å². The maximum atomic E-state index is 12.6. The van der Waals surface area contributed by atoms with Crippen LogP contribution in [0.5, 0.6) is 5.75 Å². The number of para-hydroxylation sites is 2. The summed E-state index contributed by atoms with van der Waals surface area (Å²) >= 11 is 0. The fraction of sp³-hybridized carbons (Fsp3) is 0.350. The predicted octanol–water partition coefficient (Wildman–Crippen LogP) is 4.06. The largest absolute Gasteiger partial charge is 0.573 e. The minimum Gasteiger partial charge on any atom is -0.404 e. The lowest BCUT2D eigenvalue weighted by molar-refractivity contribution is -0.274. The molecule has 1 heterocycles. The van der Waals surface area contributed by atoms with Gasteiger partial charge in [0.15, 0.2) is 11.7 Å². The summed E-state index contributed by atoms with van der Waals surface area (Å²) in [5, 5.41) is 2.71. The summed E-state index contributed by atoms with van der Waals surface area (Å²) in [6, 6.07) is 15.7. The van der Waals surface area contributed by atoms with E-state index in [1.807, 2.05) is 18.2 Å². The van der Waals surface area contributed by atoms with E-state index in [2.05, 4.69) is 27.2 Å². The molecule has 1 saturated heterocycles. The van der Waals surface area contributed by atoms with E-state index in [1.165, 1.54) is 18.2 Å². The Balaban J connectivity index is 1.76. The molecule has 0 spiro atoms. The Hall–Kier alpha value is -2.74. The SMILES string of the molecule is NC(=NCC1(c2ccccc2)CCOCC1)Nc1ccccc1OC(F)(F)F. The number of hydrogen-bond acceptors (Lipinski definition) is 3. The number of nitrogens with zero attached hydrogens (tertiary/aromatic N) is 1. The number of guanidine groups is 1. The van der Waals surface area contributed by atoms with Crippen molar-refractivity contribution in [3.05, 3.63) is 60.2 Å². The maximum absolute atomic E-state index is 12.6. The smallest absolute Gasteiger partial charge is 0.404 e. The first-order valence-electron chi connectivity index (χ1n) is 8.93. The fourth-order valence-electron chi connectivity index (χ4n) is 3.29. The van der Waals surface area contributed by atoms with E-state index < -0.39 is 6.36 Å². The average Bonchev–Trinajstić information content (AvgIpc) is 2.68. The van der Waals surface area contributed by atoms with Gasteiger partial charge in [-0.15, -0.1) is 13.2 Å². The Kier molecular flexibility index (Phi) is 6.08. The monoisotopic (exact) mass is 393 g/mol. The first kappa shape index (κ1) is 20.0. The van der Waals surface area contributed by atoms with Crippen LogP contribution in [0.25, 0.3) is 0 Å². The maximum Gasteiger partial charge on any atom is 0.573 e. The summed E-state index contributed by atoms with van der Waals surface area (Å²) in [4.78, 5) is 4.42. The van der Waals surface area contributed by atoms with Crippen LogP contribution in [0, 0.1) is 0 Å². The zero-order chi connectivity index (χ0) is 20.0.